The Kier molecular flexibility index (Phi) is 1.78. The van der Waals surface area contributed by atoms with Crippen molar-refractivity contribution in [1.29, 1.82) is 0 Å². The van der Waals surface area contributed by atoms with Gasteiger partial charge in [-0.05, 0) is 0 Å². The van der Waals surface area contributed by atoms with Gasteiger partial charge in [0.05, 0.1) is 0 Å². The molecule has 0 spiro atoms. The predicted molar refractivity (Wildman–Crippen MR) is 52.0 cm³/mol. The van der Waals surface area contributed by atoms with Crippen molar-refractivity contribution in [1.82, 2.24) is 0 Å². The third-order valence-corrected chi connectivity index (χ3v) is 6.41. The third-order valence-electron chi connectivity index (χ3n) is 0.793. The van der Waals surface area contributed by atoms with Crippen molar-refractivity contribution in [2.75, 3.05) is 0 Å². The fourth-order valence-corrected chi connectivity index (χ4v) is 3.79. The summed E-state index contributed by atoms with van der Waals surface area (Å²) < 4.78 is -1.91. The Morgan fingerprint density at radius 2 is 1.25 bits per heavy atom. The molecule has 0 saturated heterocycles. The van der Waals surface area contributed by atoms with Crippen LogP contribution in [0.15, 0.2) is 23.8 Å². The SMILES string of the molecule is BrP1(Br)(Br)C=CC=C1. The zero-order chi connectivity index (χ0) is 6.28. The molecule has 0 aromatic rings. The van der Waals surface area contributed by atoms with Crippen LogP contribution in [-0.4, -0.2) is 0 Å². The van der Waals surface area contributed by atoms with Crippen LogP contribution in [0.5, 0.6) is 0 Å². The van der Waals surface area contributed by atoms with Gasteiger partial charge in [0.2, 0.25) is 0 Å². The summed E-state index contributed by atoms with van der Waals surface area (Å²) >= 11 is 10.6. The molecule has 1 rings (SSSR count). The first-order valence-corrected chi connectivity index (χ1v) is 10.5. The van der Waals surface area contributed by atoms with Crippen molar-refractivity contribution in [2.24, 2.45) is 0 Å². The van der Waals surface area contributed by atoms with E-state index in [4.69, 9.17) is 0 Å². The molecule has 8 heavy (non-hydrogen) atoms. The summed E-state index contributed by atoms with van der Waals surface area (Å²) in [5, 5.41) is 0. The predicted octanol–water partition coefficient (Wildman–Crippen LogP) is 4.51. The normalized spacial score (nSPS) is 34.1. The molecule has 0 N–H and O–H groups in total. The molecule has 4 heteroatoms. The van der Waals surface area contributed by atoms with E-state index >= 15 is 0 Å². The number of hydrogen-bond donors (Lipinski definition) is 0. The molecule has 1 heterocycles. The molecule has 0 saturated carbocycles. The van der Waals surface area contributed by atoms with Crippen LogP contribution in [0.3, 0.4) is 0 Å². The molecule has 0 aromatic heterocycles. The van der Waals surface area contributed by atoms with Crippen molar-refractivity contribution in [3.05, 3.63) is 23.8 Å². The average molecular weight is 323 g/mol. The Bertz CT molecular complexity index is 146. The van der Waals surface area contributed by atoms with E-state index in [1.54, 1.807) is 0 Å². The Balaban J connectivity index is 3.02. The van der Waals surface area contributed by atoms with Crippen LogP contribution in [0.25, 0.3) is 0 Å². The van der Waals surface area contributed by atoms with E-state index in [2.05, 4.69) is 58.1 Å². The number of halogens is 3. The van der Waals surface area contributed by atoms with E-state index in [1.165, 1.54) is 0 Å². The third kappa shape index (κ3) is 1.94. The summed E-state index contributed by atoms with van der Waals surface area (Å²) in [7, 11) is 0. The summed E-state index contributed by atoms with van der Waals surface area (Å²) in [6.45, 7) is 0. The van der Waals surface area contributed by atoms with Crippen molar-refractivity contribution < 1.29 is 0 Å². The van der Waals surface area contributed by atoms with Gasteiger partial charge in [-0.2, -0.15) is 0 Å². The number of allylic oxidation sites excluding steroid dienone is 2. The molecule has 1 aliphatic heterocycles. The minimum absolute atomic E-state index is 1.91. The molecule has 0 fully saturated rings. The topological polar surface area (TPSA) is 0 Å². The van der Waals surface area contributed by atoms with Gasteiger partial charge in [-0.1, -0.05) is 0 Å². The van der Waals surface area contributed by atoms with E-state index in [9.17, 15) is 0 Å². The molecule has 0 bridgehead atoms. The second-order valence-corrected chi connectivity index (χ2v) is 26.4. The molecule has 0 atom stereocenters. The van der Waals surface area contributed by atoms with Gasteiger partial charge in [-0.15, -0.1) is 0 Å². The summed E-state index contributed by atoms with van der Waals surface area (Å²) in [6, 6.07) is 0. The quantitative estimate of drug-likeness (QED) is 0.576. The van der Waals surface area contributed by atoms with Crippen LogP contribution >= 0.6 is 49.2 Å². The van der Waals surface area contributed by atoms with Crippen LogP contribution in [0.2, 0.25) is 0 Å². The summed E-state index contributed by atoms with van der Waals surface area (Å²) in [6.07, 6.45) is 4.02. The molecule has 0 amide bonds. The van der Waals surface area contributed by atoms with Gasteiger partial charge in [0, 0.05) is 0 Å². The van der Waals surface area contributed by atoms with Crippen molar-refractivity contribution in [2.45, 2.75) is 0 Å². The number of hydrogen-bond acceptors (Lipinski definition) is 0. The first-order valence-electron chi connectivity index (χ1n) is 2.02. The molecule has 0 aromatic carbocycles. The zero-order valence-electron chi connectivity index (χ0n) is 3.89. The summed E-state index contributed by atoms with van der Waals surface area (Å²) in [5.41, 5.74) is 0. The summed E-state index contributed by atoms with van der Waals surface area (Å²) in [5.74, 6) is 4.18. The van der Waals surface area contributed by atoms with Gasteiger partial charge < -0.3 is 0 Å². The van der Waals surface area contributed by atoms with Crippen molar-refractivity contribution in [3.63, 3.8) is 0 Å². The Morgan fingerprint density at radius 3 is 1.38 bits per heavy atom. The fourth-order valence-electron chi connectivity index (χ4n) is 0.444. The van der Waals surface area contributed by atoms with E-state index in [0.717, 1.165) is 0 Å². The van der Waals surface area contributed by atoms with Gasteiger partial charge in [0.25, 0.3) is 0 Å². The second kappa shape index (κ2) is 1.91. The van der Waals surface area contributed by atoms with Crippen LogP contribution in [0.4, 0.5) is 0 Å². The number of rotatable bonds is 0. The van der Waals surface area contributed by atoms with Crippen LogP contribution in [0.1, 0.15) is 0 Å². The first-order chi connectivity index (χ1) is 3.47. The minimum atomic E-state index is -1.91. The Hall–Kier alpha value is 1.35. The monoisotopic (exact) mass is 320 g/mol. The van der Waals surface area contributed by atoms with Crippen LogP contribution in [-0.2, 0) is 0 Å². The first kappa shape index (κ1) is 7.46. The molecule has 0 radical (unpaired) electrons. The van der Waals surface area contributed by atoms with Gasteiger partial charge in [0.1, 0.15) is 0 Å². The molecular weight excluding hydrogens is 319 g/mol. The van der Waals surface area contributed by atoms with E-state index in [-0.39, 0.29) is 0 Å². The van der Waals surface area contributed by atoms with Gasteiger partial charge in [0.15, 0.2) is 0 Å². The standard InChI is InChI=1S/C4H4Br3P/c5-8(6,7)3-1-2-4-8/h1-4H. The molecule has 0 unspecified atom stereocenters. The summed E-state index contributed by atoms with van der Waals surface area (Å²) in [4.78, 5) is 0. The molecule has 0 nitrogen and oxygen atoms in total. The second-order valence-electron chi connectivity index (χ2n) is 1.61. The van der Waals surface area contributed by atoms with Crippen molar-refractivity contribution >= 4 is 49.2 Å². The van der Waals surface area contributed by atoms with E-state index in [0.29, 0.717) is 0 Å². The zero-order valence-corrected chi connectivity index (χ0v) is 9.54. The van der Waals surface area contributed by atoms with Crippen LogP contribution in [0, 0.1) is 0 Å². The van der Waals surface area contributed by atoms with Crippen LogP contribution < -0.4 is 0 Å². The average Bonchev–Trinajstić information content (AvgIpc) is 1.81. The maximum atomic E-state index is 3.54. The Labute approximate surface area is 72.6 Å². The van der Waals surface area contributed by atoms with E-state index < -0.39 is 2.71 Å². The Morgan fingerprint density at radius 1 is 0.875 bits per heavy atom. The molecule has 1 aliphatic rings. The van der Waals surface area contributed by atoms with Crippen molar-refractivity contribution in [3.8, 4) is 0 Å². The molecule has 46 valence electrons. The van der Waals surface area contributed by atoms with Gasteiger partial charge in [-0.3, -0.25) is 0 Å². The van der Waals surface area contributed by atoms with E-state index in [1.807, 2.05) is 12.2 Å². The fraction of sp³-hybridized carbons (Fsp3) is 0. The van der Waals surface area contributed by atoms with Gasteiger partial charge in [-0.25, -0.2) is 0 Å². The maximum absolute atomic E-state index is 3.54. The van der Waals surface area contributed by atoms with Gasteiger partial charge >= 0.3 is 73.0 Å². The molecule has 0 aliphatic carbocycles. The molecular formula is C4H4Br3P.